The highest BCUT2D eigenvalue weighted by Crippen LogP contribution is 2.45. The summed E-state index contributed by atoms with van der Waals surface area (Å²) in [6.07, 6.45) is 4.55. The molecule has 35 heavy (non-hydrogen) atoms. The second kappa shape index (κ2) is 8.94. The summed E-state index contributed by atoms with van der Waals surface area (Å²) in [5.41, 5.74) is 4.29. The SMILES string of the molecule is CSN1CC(N2CCC(COc3ccc4c(c3)C(C)(C)c3[nH]c5cc(Br)ccc5c3C4=O)CC2)C1. The molecule has 1 aromatic heterocycles. The summed E-state index contributed by atoms with van der Waals surface area (Å²) in [4.78, 5) is 19.8. The maximum Gasteiger partial charge on any atom is 0.195 e. The van der Waals surface area contributed by atoms with Crippen LogP contribution in [-0.4, -0.2) is 65.1 Å². The lowest BCUT2D eigenvalue weighted by Crippen LogP contribution is -2.58. The Labute approximate surface area is 219 Å². The van der Waals surface area contributed by atoms with Gasteiger partial charge in [0.1, 0.15) is 5.75 Å². The van der Waals surface area contributed by atoms with Gasteiger partial charge in [-0.15, -0.1) is 0 Å². The van der Waals surface area contributed by atoms with E-state index in [4.69, 9.17) is 4.74 Å². The third-order valence-corrected chi connectivity index (χ3v) is 9.57. The molecule has 0 saturated carbocycles. The maximum atomic E-state index is 13.5. The van der Waals surface area contributed by atoms with E-state index in [2.05, 4.69) is 56.3 Å². The van der Waals surface area contributed by atoms with Crippen molar-refractivity contribution >= 4 is 44.6 Å². The van der Waals surface area contributed by atoms with E-state index in [0.29, 0.717) is 5.92 Å². The molecule has 184 valence electrons. The first kappa shape index (κ1) is 23.6. The molecule has 0 amide bonds. The zero-order valence-corrected chi connectivity index (χ0v) is 23.0. The number of nitrogens with zero attached hydrogens (tertiary/aromatic N) is 2. The number of hydrogen-bond donors (Lipinski definition) is 1. The van der Waals surface area contributed by atoms with Crippen LogP contribution in [0.1, 0.15) is 53.9 Å². The number of H-pyrrole nitrogens is 1. The highest BCUT2D eigenvalue weighted by Gasteiger charge is 2.40. The Bertz CT molecular complexity index is 1290. The average Bonchev–Trinajstić information content (AvgIpc) is 3.21. The second-order valence-electron chi connectivity index (χ2n) is 10.7. The van der Waals surface area contributed by atoms with Gasteiger partial charge in [-0.3, -0.25) is 9.69 Å². The number of aromatic nitrogens is 1. The number of hydrogen-bond acceptors (Lipinski definition) is 5. The van der Waals surface area contributed by atoms with Gasteiger partial charge in [-0.2, -0.15) is 0 Å². The minimum absolute atomic E-state index is 0.0952. The third kappa shape index (κ3) is 4.05. The van der Waals surface area contributed by atoms with Crippen molar-refractivity contribution in [2.24, 2.45) is 5.92 Å². The number of benzene rings is 2. The molecule has 3 aromatic rings. The van der Waals surface area contributed by atoms with Crippen LogP contribution in [0.3, 0.4) is 0 Å². The van der Waals surface area contributed by atoms with Gasteiger partial charge >= 0.3 is 0 Å². The van der Waals surface area contributed by atoms with E-state index in [1.165, 1.54) is 39.0 Å². The van der Waals surface area contributed by atoms with Gasteiger partial charge in [-0.1, -0.05) is 47.8 Å². The van der Waals surface area contributed by atoms with Crippen LogP contribution < -0.4 is 4.74 Å². The summed E-state index contributed by atoms with van der Waals surface area (Å²) >= 11 is 5.41. The first-order valence-corrected chi connectivity index (χ1v) is 14.5. The molecular formula is C28H32BrN3O2S. The summed E-state index contributed by atoms with van der Waals surface area (Å²) in [5, 5.41) is 0.988. The maximum absolute atomic E-state index is 13.5. The van der Waals surface area contributed by atoms with E-state index in [0.717, 1.165) is 56.2 Å². The van der Waals surface area contributed by atoms with Gasteiger partial charge in [-0.05, 0) is 74.0 Å². The molecule has 0 unspecified atom stereocenters. The van der Waals surface area contributed by atoms with E-state index in [1.54, 1.807) is 0 Å². The Kier molecular flexibility index (Phi) is 6.03. The lowest BCUT2D eigenvalue weighted by molar-refractivity contribution is 0.0525. The highest BCUT2D eigenvalue weighted by molar-refractivity contribution is 9.10. The first-order chi connectivity index (χ1) is 16.8. The molecule has 0 bridgehead atoms. The van der Waals surface area contributed by atoms with Gasteiger partial charge in [0.2, 0.25) is 0 Å². The van der Waals surface area contributed by atoms with E-state index in [9.17, 15) is 4.79 Å². The van der Waals surface area contributed by atoms with Crippen LogP contribution in [0.2, 0.25) is 0 Å². The van der Waals surface area contributed by atoms with Gasteiger partial charge in [0.25, 0.3) is 0 Å². The minimum atomic E-state index is -0.317. The van der Waals surface area contributed by atoms with Crippen molar-refractivity contribution in [1.29, 1.82) is 0 Å². The molecule has 5 nitrogen and oxygen atoms in total. The zero-order valence-electron chi connectivity index (χ0n) is 20.6. The Morgan fingerprint density at radius 1 is 1.14 bits per heavy atom. The number of piperidine rings is 1. The fraction of sp³-hybridized carbons (Fsp3) is 0.464. The number of fused-ring (bicyclic) bond motifs is 4. The fourth-order valence-electron chi connectivity index (χ4n) is 5.97. The normalized spacial score (nSPS) is 21.1. The van der Waals surface area contributed by atoms with E-state index < -0.39 is 0 Å². The predicted octanol–water partition coefficient (Wildman–Crippen LogP) is 5.85. The monoisotopic (exact) mass is 553 g/mol. The number of nitrogens with one attached hydrogen (secondary N) is 1. The molecule has 2 fully saturated rings. The van der Waals surface area contributed by atoms with Crippen molar-refractivity contribution in [1.82, 2.24) is 14.2 Å². The number of aromatic amines is 1. The molecule has 7 heteroatoms. The number of likely N-dealkylation sites (tertiary alicyclic amines) is 1. The Balaban J connectivity index is 1.16. The number of carbonyl (C=O) groups is 1. The molecule has 3 heterocycles. The van der Waals surface area contributed by atoms with Gasteiger partial charge in [0.05, 0.1) is 12.2 Å². The third-order valence-electron chi connectivity index (χ3n) is 8.26. The van der Waals surface area contributed by atoms with Crippen LogP contribution >= 0.6 is 27.9 Å². The van der Waals surface area contributed by atoms with E-state index in [-0.39, 0.29) is 11.2 Å². The first-order valence-electron chi connectivity index (χ1n) is 12.5. The Morgan fingerprint density at radius 2 is 1.91 bits per heavy atom. The lowest BCUT2D eigenvalue weighted by Gasteiger charge is -2.46. The Morgan fingerprint density at radius 3 is 2.66 bits per heavy atom. The molecule has 2 saturated heterocycles. The number of carbonyl (C=O) groups excluding carboxylic acids is 1. The lowest BCUT2D eigenvalue weighted by atomic mass is 9.71. The average molecular weight is 555 g/mol. The summed E-state index contributed by atoms with van der Waals surface area (Å²) in [6, 6.07) is 12.8. The molecule has 1 aliphatic carbocycles. The molecule has 2 aliphatic heterocycles. The van der Waals surface area contributed by atoms with Crippen molar-refractivity contribution in [2.45, 2.75) is 38.1 Å². The molecule has 2 aromatic carbocycles. The minimum Gasteiger partial charge on any atom is -0.493 e. The van der Waals surface area contributed by atoms with E-state index >= 15 is 0 Å². The van der Waals surface area contributed by atoms with Gasteiger partial charge in [0.15, 0.2) is 5.78 Å². The largest absolute Gasteiger partial charge is 0.493 e. The predicted molar refractivity (Wildman–Crippen MR) is 147 cm³/mol. The summed E-state index contributed by atoms with van der Waals surface area (Å²) in [6.45, 7) is 9.87. The van der Waals surface area contributed by atoms with Crippen LogP contribution in [0.25, 0.3) is 10.9 Å². The summed E-state index contributed by atoms with van der Waals surface area (Å²) < 4.78 is 9.75. The quantitative estimate of drug-likeness (QED) is 0.401. The van der Waals surface area contributed by atoms with Crippen LogP contribution in [-0.2, 0) is 5.41 Å². The number of ketones is 1. The van der Waals surface area contributed by atoms with Crippen molar-refractivity contribution in [3.8, 4) is 5.75 Å². The van der Waals surface area contributed by atoms with Crippen LogP contribution in [0.4, 0.5) is 0 Å². The molecule has 6 rings (SSSR count). The van der Waals surface area contributed by atoms with Gasteiger partial charge in [0, 0.05) is 51.2 Å². The standard InChI is InChI=1S/C28H32BrN3O2S/c1-28(2)23-13-20(34-16-17-8-10-31(11-9-17)19-14-32(15-19)35-3)5-7-21(23)26(33)25-22-6-4-18(29)12-24(22)30-27(25)28/h4-7,12-13,17,19,30H,8-11,14-16H2,1-3H3. The van der Waals surface area contributed by atoms with Crippen LogP contribution in [0, 0.1) is 5.92 Å². The van der Waals surface area contributed by atoms with Crippen molar-refractivity contribution < 1.29 is 9.53 Å². The summed E-state index contributed by atoms with van der Waals surface area (Å²) in [7, 11) is 0. The van der Waals surface area contributed by atoms with E-state index in [1.807, 2.05) is 42.3 Å². The number of rotatable bonds is 5. The molecule has 1 N–H and O–H groups in total. The second-order valence-corrected chi connectivity index (χ2v) is 12.5. The molecule has 3 aliphatic rings. The molecule has 0 radical (unpaired) electrons. The topological polar surface area (TPSA) is 48.6 Å². The smallest absolute Gasteiger partial charge is 0.195 e. The molecule has 0 atom stereocenters. The van der Waals surface area contributed by atoms with Gasteiger partial charge in [-0.25, -0.2) is 4.31 Å². The number of halogens is 1. The van der Waals surface area contributed by atoms with Crippen molar-refractivity contribution in [2.75, 3.05) is 39.0 Å². The number of ether oxygens (including phenoxy) is 1. The summed E-state index contributed by atoms with van der Waals surface area (Å²) in [5.74, 6) is 1.55. The fourth-order valence-corrected chi connectivity index (χ4v) is 6.97. The van der Waals surface area contributed by atoms with Crippen molar-refractivity contribution in [3.63, 3.8) is 0 Å². The van der Waals surface area contributed by atoms with Crippen molar-refractivity contribution in [3.05, 3.63) is 63.3 Å². The zero-order chi connectivity index (χ0) is 24.3. The van der Waals surface area contributed by atoms with Crippen LogP contribution in [0.5, 0.6) is 5.75 Å². The van der Waals surface area contributed by atoms with Gasteiger partial charge < -0.3 is 9.72 Å². The Hall–Kier alpha value is -1.80. The molecule has 0 spiro atoms. The highest BCUT2D eigenvalue weighted by atomic mass is 79.9. The van der Waals surface area contributed by atoms with Crippen LogP contribution in [0.15, 0.2) is 40.9 Å². The molecular weight excluding hydrogens is 522 g/mol.